The van der Waals surface area contributed by atoms with Crippen LogP contribution >= 0.6 is 12.4 Å². The summed E-state index contributed by atoms with van der Waals surface area (Å²) in [5.41, 5.74) is 1.17. The number of hydrogen-bond donors (Lipinski definition) is 4. The molecule has 142 valence electrons. The third kappa shape index (κ3) is 7.50. The number of urea groups is 1. The van der Waals surface area contributed by atoms with Gasteiger partial charge in [0.25, 0.3) is 0 Å². The first-order valence-corrected chi connectivity index (χ1v) is 8.84. The lowest BCUT2D eigenvalue weighted by Gasteiger charge is -2.29. The second kappa shape index (κ2) is 12.0. The van der Waals surface area contributed by atoms with Crippen molar-refractivity contribution in [2.75, 3.05) is 26.2 Å². The second-order valence-corrected chi connectivity index (χ2v) is 6.13. The molecule has 1 aromatic rings. The molecule has 6 nitrogen and oxygen atoms in total. The van der Waals surface area contributed by atoms with Crippen molar-refractivity contribution in [3.05, 3.63) is 29.8 Å². The Labute approximate surface area is 156 Å². The van der Waals surface area contributed by atoms with E-state index in [1.54, 1.807) is 0 Å². The molecule has 0 aromatic heterocycles. The van der Waals surface area contributed by atoms with Crippen molar-refractivity contribution < 1.29 is 14.6 Å². The number of hydrogen-bond acceptors (Lipinski definition) is 4. The summed E-state index contributed by atoms with van der Waals surface area (Å²) < 4.78 is 5.74. The molecule has 1 aromatic carbocycles. The molecular formula is C18H30ClN3O3. The van der Waals surface area contributed by atoms with Crippen molar-refractivity contribution in [2.45, 2.75) is 44.8 Å². The lowest BCUT2D eigenvalue weighted by Crippen LogP contribution is -2.54. The summed E-state index contributed by atoms with van der Waals surface area (Å²) in [4.78, 5) is 11.9. The number of amides is 2. The number of carbonyl (C=O) groups excluding carboxylic acids is 1. The van der Waals surface area contributed by atoms with E-state index in [1.807, 2.05) is 18.2 Å². The molecule has 25 heavy (non-hydrogen) atoms. The van der Waals surface area contributed by atoms with Crippen LogP contribution in [0.15, 0.2) is 24.3 Å². The van der Waals surface area contributed by atoms with Gasteiger partial charge in [0.1, 0.15) is 5.75 Å². The Morgan fingerprint density at radius 1 is 1.40 bits per heavy atom. The number of aryl methyl sites for hydroxylation is 1. The van der Waals surface area contributed by atoms with Crippen molar-refractivity contribution in [1.82, 2.24) is 16.0 Å². The minimum Gasteiger partial charge on any atom is -0.493 e. The van der Waals surface area contributed by atoms with Gasteiger partial charge in [0.05, 0.1) is 18.8 Å². The zero-order chi connectivity index (χ0) is 17.2. The molecule has 7 heteroatoms. The van der Waals surface area contributed by atoms with Crippen LogP contribution in [0.2, 0.25) is 0 Å². The van der Waals surface area contributed by atoms with E-state index in [0.717, 1.165) is 44.6 Å². The van der Waals surface area contributed by atoms with E-state index in [4.69, 9.17) is 4.74 Å². The molecule has 0 saturated carbocycles. The molecule has 4 N–H and O–H groups in total. The molecule has 0 radical (unpaired) electrons. The lowest BCUT2D eigenvalue weighted by atomic mass is 10.0. The van der Waals surface area contributed by atoms with Crippen molar-refractivity contribution in [3.63, 3.8) is 0 Å². The topological polar surface area (TPSA) is 82.6 Å². The summed E-state index contributed by atoms with van der Waals surface area (Å²) in [5, 5.41) is 18.6. The molecule has 0 aliphatic carbocycles. The molecule has 1 saturated heterocycles. The number of para-hydroxylation sites is 1. The molecule has 0 bridgehead atoms. The number of ether oxygens (including phenoxy) is 1. The smallest absolute Gasteiger partial charge is 0.315 e. The first kappa shape index (κ1) is 21.5. The van der Waals surface area contributed by atoms with Crippen LogP contribution in [0.1, 0.15) is 31.7 Å². The fourth-order valence-corrected chi connectivity index (χ4v) is 2.77. The van der Waals surface area contributed by atoms with Crippen molar-refractivity contribution in [3.8, 4) is 5.75 Å². The van der Waals surface area contributed by atoms with Crippen LogP contribution < -0.4 is 20.7 Å². The highest BCUT2D eigenvalue weighted by atomic mass is 35.5. The third-order valence-electron chi connectivity index (χ3n) is 4.11. The van der Waals surface area contributed by atoms with Crippen molar-refractivity contribution in [1.29, 1.82) is 0 Å². The summed E-state index contributed by atoms with van der Waals surface area (Å²) in [6.45, 7) is 4.74. The van der Waals surface area contributed by atoms with Gasteiger partial charge in [0, 0.05) is 13.1 Å². The monoisotopic (exact) mass is 371 g/mol. The molecule has 0 unspecified atom stereocenters. The molecule has 0 spiro atoms. The minimum atomic E-state index is -0.521. The van der Waals surface area contributed by atoms with Gasteiger partial charge in [-0.2, -0.15) is 0 Å². The summed E-state index contributed by atoms with van der Waals surface area (Å²) in [7, 11) is 0. The van der Waals surface area contributed by atoms with Gasteiger partial charge in [0.15, 0.2) is 0 Å². The normalized spacial score (nSPS) is 19.6. The zero-order valence-corrected chi connectivity index (χ0v) is 15.6. The highest BCUT2D eigenvalue weighted by Gasteiger charge is 2.23. The van der Waals surface area contributed by atoms with E-state index in [-0.39, 0.29) is 24.5 Å². The zero-order valence-electron chi connectivity index (χ0n) is 14.8. The average molecular weight is 372 g/mol. The summed E-state index contributed by atoms with van der Waals surface area (Å²) in [6, 6.07) is 7.66. The standard InChI is InChI=1S/C18H29N3O3.ClH/c1-2-12-24-17-8-4-3-6-14(17)7-5-10-20-18(23)21-15-9-11-19-13-16(15)22;/h3-4,6,8,15-16,19,22H,2,5,7,9-13H2,1H3,(H2,20,21,23);1H/t15-,16-;/m1./s1. The van der Waals surface area contributed by atoms with Crippen LogP contribution in [0, 0.1) is 0 Å². The number of nitrogens with one attached hydrogen (secondary N) is 3. The molecule has 2 rings (SSSR count). The Hall–Kier alpha value is -1.50. The number of benzene rings is 1. The number of aliphatic hydroxyl groups is 1. The molecule has 1 heterocycles. The number of halogens is 1. The maximum absolute atomic E-state index is 11.9. The van der Waals surface area contributed by atoms with Crippen molar-refractivity contribution >= 4 is 18.4 Å². The molecule has 1 fully saturated rings. The molecule has 2 amide bonds. The van der Waals surface area contributed by atoms with E-state index in [9.17, 15) is 9.90 Å². The van der Waals surface area contributed by atoms with Gasteiger partial charge in [-0.15, -0.1) is 12.4 Å². The van der Waals surface area contributed by atoms with E-state index in [2.05, 4.69) is 28.9 Å². The van der Waals surface area contributed by atoms with Gasteiger partial charge in [-0.3, -0.25) is 0 Å². The lowest BCUT2D eigenvalue weighted by molar-refractivity contribution is 0.106. The van der Waals surface area contributed by atoms with Gasteiger partial charge in [-0.1, -0.05) is 25.1 Å². The number of rotatable bonds is 8. The van der Waals surface area contributed by atoms with Crippen LogP contribution in [-0.4, -0.2) is 49.5 Å². The van der Waals surface area contributed by atoms with Gasteiger partial charge < -0.3 is 25.8 Å². The Morgan fingerprint density at radius 3 is 2.96 bits per heavy atom. The molecular weight excluding hydrogens is 342 g/mol. The first-order valence-electron chi connectivity index (χ1n) is 8.84. The van der Waals surface area contributed by atoms with E-state index in [1.165, 1.54) is 5.56 Å². The van der Waals surface area contributed by atoms with Crippen LogP contribution in [0.4, 0.5) is 4.79 Å². The Morgan fingerprint density at radius 2 is 2.20 bits per heavy atom. The third-order valence-corrected chi connectivity index (χ3v) is 4.11. The maximum Gasteiger partial charge on any atom is 0.315 e. The predicted molar refractivity (Wildman–Crippen MR) is 102 cm³/mol. The number of β-amino-alcohol motifs (C(OH)–C–C–N with tert-alkyl or cyclic N) is 1. The predicted octanol–water partition coefficient (Wildman–Crippen LogP) is 1.85. The number of aliphatic hydroxyl groups excluding tert-OH is 1. The van der Waals surface area contributed by atoms with Crippen molar-refractivity contribution in [2.24, 2.45) is 0 Å². The summed E-state index contributed by atoms with van der Waals surface area (Å²) >= 11 is 0. The fraction of sp³-hybridized carbons (Fsp3) is 0.611. The summed E-state index contributed by atoms with van der Waals surface area (Å²) in [6.07, 6.45) is 2.91. The first-order chi connectivity index (χ1) is 11.7. The van der Waals surface area contributed by atoms with Crippen LogP contribution in [-0.2, 0) is 6.42 Å². The van der Waals surface area contributed by atoms with Gasteiger partial charge in [-0.05, 0) is 43.9 Å². The van der Waals surface area contributed by atoms with Gasteiger partial charge in [-0.25, -0.2) is 4.79 Å². The fourth-order valence-electron chi connectivity index (χ4n) is 2.77. The molecule has 2 atom stereocenters. The second-order valence-electron chi connectivity index (χ2n) is 6.13. The average Bonchev–Trinajstić information content (AvgIpc) is 2.60. The van der Waals surface area contributed by atoms with E-state index >= 15 is 0 Å². The SMILES string of the molecule is CCCOc1ccccc1CCCNC(=O)N[C@@H]1CCNC[C@H]1O.Cl. The van der Waals surface area contributed by atoms with E-state index in [0.29, 0.717) is 13.1 Å². The van der Waals surface area contributed by atoms with Crippen LogP contribution in [0.25, 0.3) is 0 Å². The summed E-state index contributed by atoms with van der Waals surface area (Å²) in [5.74, 6) is 0.932. The van der Waals surface area contributed by atoms with Crippen LogP contribution in [0.3, 0.4) is 0 Å². The van der Waals surface area contributed by atoms with E-state index < -0.39 is 6.10 Å². The number of piperidine rings is 1. The highest BCUT2D eigenvalue weighted by molar-refractivity contribution is 5.85. The Bertz CT molecular complexity index is 516. The Balaban J connectivity index is 0.00000312. The van der Waals surface area contributed by atoms with Gasteiger partial charge >= 0.3 is 6.03 Å². The number of carbonyl (C=O) groups is 1. The molecule has 1 aliphatic rings. The Kier molecular flexibility index (Phi) is 10.3. The van der Waals surface area contributed by atoms with Gasteiger partial charge in [0.2, 0.25) is 0 Å². The minimum absolute atomic E-state index is 0. The van der Waals surface area contributed by atoms with Crippen LogP contribution in [0.5, 0.6) is 5.75 Å². The highest BCUT2D eigenvalue weighted by Crippen LogP contribution is 2.19. The quantitative estimate of drug-likeness (QED) is 0.526. The molecule has 1 aliphatic heterocycles. The maximum atomic E-state index is 11.9. The largest absolute Gasteiger partial charge is 0.493 e.